The van der Waals surface area contributed by atoms with E-state index in [1.54, 1.807) is 19.2 Å². The van der Waals surface area contributed by atoms with Crippen LogP contribution in [0.2, 0.25) is 0 Å². The summed E-state index contributed by atoms with van der Waals surface area (Å²) < 4.78 is 0. The Morgan fingerprint density at radius 2 is 1.79 bits per heavy atom. The number of carbonyl (C=O) groups excluding carboxylic acids is 4. The molecular weight excluding hydrogens is 440 g/mol. The predicted octanol–water partition coefficient (Wildman–Crippen LogP) is 0.488. The number of benzene rings is 1. The summed E-state index contributed by atoms with van der Waals surface area (Å²) in [5.41, 5.74) is 6.37. The highest BCUT2D eigenvalue weighted by molar-refractivity contribution is 6.04. The molecule has 5 rings (SSSR count). The van der Waals surface area contributed by atoms with Gasteiger partial charge in [-0.2, -0.15) is 0 Å². The highest BCUT2D eigenvalue weighted by atomic mass is 16.4. The van der Waals surface area contributed by atoms with E-state index >= 15 is 0 Å². The summed E-state index contributed by atoms with van der Waals surface area (Å²) >= 11 is 0. The average molecular weight is 471 g/mol. The molecule has 1 aromatic rings. The molecule has 10 heteroatoms. The van der Waals surface area contributed by atoms with Gasteiger partial charge >= 0.3 is 5.97 Å². The molecule has 1 unspecified atom stereocenters. The van der Waals surface area contributed by atoms with Gasteiger partial charge in [0.15, 0.2) is 5.78 Å². The van der Waals surface area contributed by atoms with Gasteiger partial charge in [-0.15, -0.1) is 0 Å². The molecule has 4 aliphatic rings. The minimum Gasteiger partial charge on any atom is -0.481 e. The lowest BCUT2D eigenvalue weighted by atomic mass is 9.71. The first kappa shape index (κ1) is 23.9. The van der Waals surface area contributed by atoms with E-state index in [-0.39, 0.29) is 43.0 Å². The highest BCUT2D eigenvalue weighted by Gasteiger charge is 2.46. The zero-order chi connectivity index (χ0) is 24.6. The number of carbonyl (C=O) groups is 5. The number of carboxylic acid groups (broad SMARTS) is 1. The first-order valence-corrected chi connectivity index (χ1v) is 11.6. The average Bonchev–Trinajstić information content (AvgIpc) is 3.14. The Morgan fingerprint density at radius 1 is 1.15 bits per heavy atom. The van der Waals surface area contributed by atoms with Crippen LogP contribution in [-0.2, 0) is 20.9 Å². The van der Waals surface area contributed by atoms with Crippen molar-refractivity contribution in [3.8, 4) is 0 Å². The van der Waals surface area contributed by atoms with Gasteiger partial charge in [-0.25, -0.2) is 0 Å². The molecule has 0 aliphatic carbocycles. The first-order valence-electron chi connectivity index (χ1n) is 11.6. The van der Waals surface area contributed by atoms with E-state index in [1.165, 1.54) is 15.9 Å². The Labute approximate surface area is 197 Å². The minimum atomic E-state index is -1.08. The van der Waals surface area contributed by atoms with Crippen molar-refractivity contribution in [3.05, 3.63) is 34.9 Å². The van der Waals surface area contributed by atoms with E-state index < -0.39 is 23.8 Å². The van der Waals surface area contributed by atoms with Crippen LogP contribution in [0.25, 0.3) is 0 Å². The van der Waals surface area contributed by atoms with Crippen LogP contribution in [-0.4, -0.2) is 88.5 Å². The number of carboxylic acids is 1. The zero-order valence-electron chi connectivity index (χ0n) is 19.3. The number of nitrogens with zero attached hydrogens (tertiary/aromatic N) is 3. The molecule has 3 N–H and O–H groups in total. The van der Waals surface area contributed by atoms with Gasteiger partial charge in [0.25, 0.3) is 5.91 Å². The van der Waals surface area contributed by atoms with Crippen LogP contribution in [0.5, 0.6) is 0 Å². The summed E-state index contributed by atoms with van der Waals surface area (Å²) in [5.74, 6) is -2.48. The third kappa shape index (κ3) is 4.42. The third-order valence-electron chi connectivity index (χ3n) is 7.50. The molecule has 182 valence electrons. The van der Waals surface area contributed by atoms with Gasteiger partial charge in [0, 0.05) is 31.1 Å². The molecule has 1 aromatic carbocycles. The molecule has 3 fully saturated rings. The van der Waals surface area contributed by atoms with Crippen LogP contribution >= 0.6 is 0 Å². The smallest absolute Gasteiger partial charge is 0.303 e. The molecule has 2 bridgehead atoms. The standard InChI is InChI=1S/C24H30N4O6/c1-26(23(34)24-6-9-27(10-7-24)11-8-24)14-19(29)15-2-3-17-16(12-15)13-28(22(17)33)18(21(25)32)4-5-20(30)31/h2-3,12,18H,4-11,13-14H2,1H3,(H2,25,32)(H,30,31). The monoisotopic (exact) mass is 470 g/mol. The van der Waals surface area contributed by atoms with Gasteiger partial charge < -0.3 is 25.5 Å². The predicted molar refractivity (Wildman–Crippen MR) is 121 cm³/mol. The van der Waals surface area contributed by atoms with E-state index in [9.17, 15) is 24.0 Å². The molecule has 0 saturated carbocycles. The Bertz CT molecular complexity index is 1030. The number of fused-ring (bicyclic) bond motifs is 4. The van der Waals surface area contributed by atoms with Crippen LogP contribution in [0, 0.1) is 5.41 Å². The molecular formula is C24H30N4O6. The number of aliphatic carboxylic acids is 1. The van der Waals surface area contributed by atoms with Crippen molar-refractivity contribution in [2.24, 2.45) is 11.1 Å². The van der Waals surface area contributed by atoms with Gasteiger partial charge in [-0.3, -0.25) is 24.0 Å². The Hall–Kier alpha value is -3.27. The molecule has 0 spiro atoms. The van der Waals surface area contributed by atoms with Crippen molar-refractivity contribution in [2.75, 3.05) is 33.2 Å². The Kier molecular flexibility index (Phi) is 6.44. The molecule has 0 aromatic heterocycles. The minimum absolute atomic E-state index is 0.0189. The normalized spacial score (nSPS) is 24.0. The maximum Gasteiger partial charge on any atom is 0.303 e. The van der Waals surface area contributed by atoms with E-state index in [1.807, 2.05) is 0 Å². The van der Waals surface area contributed by atoms with Crippen molar-refractivity contribution < 1.29 is 29.1 Å². The number of likely N-dealkylation sites (N-methyl/N-ethyl adjacent to an activating group) is 1. The van der Waals surface area contributed by atoms with E-state index in [2.05, 4.69) is 4.90 Å². The molecule has 4 aliphatic heterocycles. The zero-order valence-corrected chi connectivity index (χ0v) is 19.3. The molecule has 10 nitrogen and oxygen atoms in total. The summed E-state index contributed by atoms with van der Waals surface area (Å²) in [6, 6.07) is 3.66. The number of ketones is 1. The first-order chi connectivity index (χ1) is 16.1. The lowest BCUT2D eigenvalue weighted by Crippen LogP contribution is -2.55. The van der Waals surface area contributed by atoms with Crippen LogP contribution in [0.15, 0.2) is 18.2 Å². The van der Waals surface area contributed by atoms with Gasteiger partial charge in [0.05, 0.1) is 12.0 Å². The van der Waals surface area contributed by atoms with Crippen LogP contribution in [0.3, 0.4) is 0 Å². The van der Waals surface area contributed by atoms with E-state index in [0.717, 1.165) is 38.9 Å². The second-order valence-electron chi connectivity index (χ2n) is 9.61. The Morgan fingerprint density at radius 3 is 2.38 bits per heavy atom. The van der Waals surface area contributed by atoms with E-state index in [0.29, 0.717) is 16.7 Å². The quantitative estimate of drug-likeness (QED) is 0.500. The van der Waals surface area contributed by atoms with Crippen LogP contribution in [0.1, 0.15) is 58.4 Å². The summed E-state index contributed by atoms with van der Waals surface area (Å²) in [6.07, 6.45) is 2.10. The third-order valence-corrected chi connectivity index (χ3v) is 7.50. The SMILES string of the molecule is CN(CC(=O)c1ccc2c(c1)CN(C(CCC(=O)O)C(N)=O)C2=O)C(=O)C12CCN(CC1)CC2. The Balaban J connectivity index is 1.44. The van der Waals surface area contributed by atoms with Crippen molar-refractivity contribution in [1.82, 2.24) is 14.7 Å². The van der Waals surface area contributed by atoms with Crippen molar-refractivity contribution in [2.45, 2.75) is 44.7 Å². The van der Waals surface area contributed by atoms with Gasteiger partial charge in [-0.1, -0.05) is 6.07 Å². The van der Waals surface area contributed by atoms with E-state index in [4.69, 9.17) is 10.8 Å². The summed E-state index contributed by atoms with van der Waals surface area (Å²) in [5, 5.41) is 8.93. The molecule has 3 amide bonds. The lowest BCUT2D eigenvalue weighted by molar-refractivity contribution is -0.147. The molecule has 1 atom stereocenters. The van der Waals surface area contributed by atoms with Crippen molar-refractivity contribution in [3.63, 3.8) is 0 Å². The summed E-state index contributed by atoms with van der Waals surface area (Å²) in [7, 11) is 1.66. The number of Topliss-reactive ketones (excluding diaryl/α,β-unsaturated/α-hetero) is 1. The second-order valence-corrected chi connectivity index (χ2v) is 9.61. The fourth-order valence-electron chi connectivity index (χ4n) is 5.41. The fraction of sp³-hybridized carbons (Fsp3) is 0.542. The van der Waals surface area contributed by atoms with Crippen molar-refractivity contribution in [1.29, 1.82) is 0 Å². The number of piperidine rings is 3. The maximum absolute atomic E-state index is 13.2. The molecule has 0 radical (unpaired) electrons. The van der Waals surface area contributed by atoms with Gasteiger partial charge in [0.2, 0.25) is 11.8 Å². The number of amides is 3. The number of hydrogen-bond donors (Lipinski definition) is 2. The lowest BCUT2D eigenvalue weighted by Gasteiger charge is -2.48. The highest BCUT2D eigenvalue weighted by Crippen LogP contribution is 2.41. The van der Waals surface area contributed by atoms with Gasteiger partial charge in [0.1, 0.15) is 6.04 Å². The largest absolute Gasteiger partial charge is 0.481 e. The molecule has 3 saturated heterocycles. The maximum atomic E-state index is 13.2. The molecule has 34 heavy (non-hydrogen) atoms. The fourth-order valence-corrected chi connectivity index (χ4v) is 5.41. The summed E-state index contributed by atoms with van der Waals surface area (Å²) in [4.78, 5) is 66.9. The topological polar surface area (TPSA) is 141 Å². The van der Waals surface area contributed by atoms with Crippen LogP contribution < -0.4 is 5.73 Å². The second kappa shape index (κ2) is 9.17. The summed E-state index contributed by atoms with van der Waals surface area (Å²) in [6.45, 7) is 2.77. The number of primary amides is 1. The van der Waals surface area contributed by atoms with Crippen molar-refractivity contribution >= 4 is 29.5 Å². The van der Waals surface area contributed by atoms with Gasteiger partial charge in [-0.05, 0) is 63.0 Å². The number of hydrogen-bond acceptors (Lipinski definition) is 6. The number of nitrogens with two attached hydrogens (primary N) is 1. The molecule has 4 heterocycles. The van der Waals surface area contributed by atoms with Crippen LogP contribution in [0.4, 0.5) is 0 Å². The number of rotatable bonds is 9.